The maximum atomic E-state index is 13.8. The SMILES string of the molecule is CCOC(=O)C1=C(C)N=c2s/c(=C/c3ccc(N(CC)CC)cc3O)c(=O)n2C1c1ccc(OCC)cc1. The van der Waals surface area contributed by atoms with E-state index in [2.05, 4.69) is 23.7 Å². The number of rotatable bonds is 9. The molecule has 0 amide bonds. The molecule has 9 heteroatoms. The second-order valence-corrected chi connectivity index (χ2v) is 9.73. The van der Waals surface area contributed by atoms with E-state index in [9.17, 15) is 14.7 Å². The summed E-state index contributed by atoms with van der Waals surface area (Å²) in [5.41, 5.74) is 2.71. The third kappa shape index (κ3) is 5.24. The van der Waals surface area contributed by atoms with Gasteiger partial charge in [-0.15, -0.1) is 0 Å². The smallest absolute Gasteiger partial charge is 0.338 e. The van der Waals surface area contributed by atoms with Crippen molar-refractivity contribution >= 4 is 29.1 Å². The molecule has 1 aromatic heterocycles. The maximum Gasteiger partial charge on any atom is 0.338 e. The van der Waals surface area contributed by atoms with E-state index in [1.807, 2.05) is 37.3 Å². The number of anilines is 1. The van der Waals surface area contributed by atoms with Crippen LogP contribution >= 0.6 is 11.3 Å². The first-order valence-corrected chi connectivity index (χ1v) is 13.6. The van der Waals surface area contributed by atoms with Gasteiger partial charge in [-0.1, -0.05) is 23.5 Å². The minimum absolute atomic E-state index is 0.0895. The fourth-order valence-corrected chi connectivity index (χ4v) is 5.64. The Bertz CT molecular complexity index is 1530. The van der Waals surface area contributed by atoms with E-state index in [4.69, 9.17) is 9.47 Å². The molecule has 1 unspecified atom stereocenters. The zero-order valence-electron chi connectivity index (χ0n) is 22.4. The number of nitrogens with zero attached hydrogens (tertiary/aromatic N) is 3. The van der Waals surface area contributed by atoms with Crippen molar-refractivity contribution in [2.45, 2.75) is 40.7 Å². The van der Waals surface area contributed by atoms with Gasteiger partial charge in [-0.2, -0.15) is 0 Å². The largest absolute Gasteiger partial charge is 0.507 e. The van der Waals surface area contributed by atoms with Gasteiger partial charge in [0.05, 0.1) is 35.1 Å². The van der Waals surface area contributed by atoms with Gasteiger partial charge in [0.1, 0.15) is 11.5 Å². The van der Waals surface area contributed by atoms with Crippen molar-refractivity contribution in [2.75, 3.05) is 31.2 Å². The van der Waals surface area contributed by atoms with Gasteiger partial charge >= 0.3 is 5.97 Å². The predicted molar refractivity (Wildman–Crippen MR) is 150 cm³/mol. The van der Waals surface area contributed by atoms with Crippen LogP contribution in [0.2, 0.25) is 0 Å². The van der Waals surface area contributed by atoms with Crippen LogP contribution in [0.3, 0.4) is 0 Å². The Morgan fingerprint density at radius 2 is 1.82 bits per heavy atom. The summed E-state index contributed by atoms with van der Waals surface area (Å²) >= 11 is 1.22. The zero-order valence-corrected chi connectivity index (χ0v) is 23.2. The van der Waals surface area contributed by atoms with Crippen LogP contribution in [0, 0.1) is 0 Å². The molecule has 1 N–H and O–H groups in total. The number of benzene rings is 2. The van der Waals surface area contributed by atoms with E-state index >= 15 is 0 Å². The molecule has 1 aliphatic rings. The van der Waals surface area contributed by atoms with E-state index in [0.717, 1.165) is 24.3 Å². The molecule has 0 fully saturated rings. The van der Waals surface area contributed by atoms with Crippen LogP contribution in [0.25, 0.3) is 6.08 Å². The molecule has 1 aliphatic heterocycles. The summed E-state index contributed by atoms with van der Waals surface area (Å²) in [6.07, 6.45) is 1.67. The number of hydrogen-bond acceptors (Lipinski definition) is 8. The first kappa shape index (κ1) is 27.2. The van der Waals surface area contributed by atoms with Crippen LogP contribution in [0.15, 0.2) is 63.5 Å². The van der Waals surface area contributed by atoms with Crippen LogP contribution in [0.4, 0.5) is 5.69 Å². The molecular formula is C29H33N3O5S. The molecule has 38 heavy (non-hydrogen) atoms. The quantitative estimate of drug-likeness (QED) is 0.420. The number of carbonyl (C=O) groups excluding carboxylic acids is 1. The molecule has 0 saturated heterocycles. The van der Waals surface area contributed by atoms with Crippen LogP contribution < -0.4 is 24.5 Å². The number of hydrogen-bond donors (Lipinski definition) is 1. The first-order chi connectivity index (χ1) is 18.3. The molecule has 0 spiro atoms. The standard InChI is InChI=1S/C29H33N3O5S/c1-6-31(7-2)21-13-10-20(23(33)17-21)16-24-27(34)32-26(19-11-14-22(15-12-19)36-8-3)25(28(35)37-9-4)18(5)30-29(32)38-24/h10-17,26,33H,6-9H2,1-5H3/b24-16+. The van der Waals surface area contributed by atoms with Crippen molar-refractivity contribution in [3.63, 3.8) is 0 Å². The predicted octanol–water partition coefficient (Wildman–Crippen LogP) is 3.75. The number of ether oxygens (including phenoxy) is 2. The number of thiazole rings is 1. The molecule has 0 radical (unpaired) electrons. The van der Waals surface area contributed by atoms with Crippen molar-refractivity contribution in [1.29, 1.82) is 0 Å². The average molecular weight is 536 g/mol. The number of aromatic nitrogens is 1. The molecule has 8 nitrogen and oxygen atoms in total. The Balaban J connectivity index is 1.86. The third-order valence-corrected chi connectivity index (χ3v) is 7.44. The Hall–Kier alpha value is -3.85. The number of carbonyl (C=O) groups is 1. The van der Waals surface area contributed by atoms with E-state index in [1.165, 1.54) is 15.9 Å². The highest BCUT2D eigenvalue weighted by molar-refractivity contribution is 7.07. The number of phenols is 1. The molecule has 3 aromatic rings. The van der Waals surface area contributed by atoms with Crippen molar-refractivity contribution in [3.05, 3.63) is 84.5 Å². The molecule has 0 saturated carbocycles. The van der Waals surface area contributed by atoms with Crippen molar-refractivity contribution in [3.8, 4) is 11.5 Å². The Kier molecular flexibility index (Phi) is 8.36. The number of phenolic OH excluding ortho intramolecular Hbond substituents is 1. The summed E-state index contributed by atoms with van der Waals surface area (Å²) in [5, 5.41) is 10.7. The van der Waals surface area contributed by atoms with Crippen LogP contribution in [-0.2, 0) is 9.53 Å². The fraction of sp³-hybridized carbons (Fsp3) is 0.345. The second-order valence-electron chi connectivity index (χ2n) is 8.72. The summed E-state index contributed by atoms with van der Waals surface area (Å²) in [6, 6.07) is 12.1. The average Bonchev–Trinajstić information content (AvgIpc) is 3.20. The number of fused-ring (bicyclic) bond motifs is 1. The topological polar surface area (TPSA) is 93.4 Å². The molecule has 4 rings (SSSR count). The second kappa shape index (κ2) is 11.7. The summed E-state index contributed by atoms with van der Waals surface area (Å²) in [4.78, 5) is 34.0. The molecule has 2 heterocycles. The number of allylic oxidation sites excluding steroid dienone is 1. The van der Waals surface area contributed by atoms with Gasteiger partial charge < -0.3 is 19.5 Å². The minimum Gasteiger partial charge on any atom is -0.507 e. The van der Waals surface area contributed by atoms with Crippen LogP contribution in [-0.4, -0.2) is 41.9 Å². The molecule has 0 aliphatic carbocycles. The lowest BCUT2D eigenvalue weighted by molar-refractivity contribution is -0.139. The van der Waals surface area contributed by atoms with E-state index in [0.29, 0.717) is 38.5 Å². The summed E-state index contributed by atoms with van der Waals surface area (Å²) < 4.78 is 12.9. The van der Waals surface area contributed by atoms with E-state index in [-0.39, 0.29) is 17.9 Å². The normalized spacial score (nSPS) is 15.2. The van der Waals surface area contributed by atoms with Crippen molar-refractivity contribution in [2.24, 2.45) is 4.99 Å². The van der Waals surface area contributed by atoms with Gasteiger partial charge in [-0.3, -0.25) is 9.36 Å². The highest BCUT2D eigenvalue weighted by atomic mass is 32.1. The van der Waals surface area contributed by atoms with Gasteiger partial charge in [-0.25, -0.2) is 9.79 Å². The van der Waals surface area contributed by atoms with Gasteiger partial charge in [0.25, 0.3) is 5.56 Å². The Morgan fingerprint density at radius 1 is 1.11 bits per heavy atom. The molecule has 1 atom stereocenters. The number of aromatic hydroxyl groups is 1. The highest BCUT2D eigenvalue weighted by Crippen LogP contribution is 2.32. The van der Waals surface area contributed by atoms with Crippen LogP contribution in [0.5, 0.6) is 11.5 Å². The van der Waals surface area contributed by atoms with Crippen molar-refractivity contribution < 1.29 is 19.4 Å². The molecule has 0 bridgehead atoms. The van der Waals surface area contributed by atoms with Gasteiger partial charge in [-0.05, 0) is 70.5 Å². The highest BCUT2D eigenvalue weighted by Gasteiger charge is 2.33. The zero-order chi connectivity index (χ0) is 27.4. The van der Waals surface area contributed by atoms with E-state index in [1.54, 1.807) is 32.1 Å². The van der Waals surface area contributed by atoms with Gasteiger partial charge in [0, 0.05) is 30.4 Å². The first-order valence-electron chi connectivity index (χ1n) is 12.8. The fourth-order valence-electron chi connectivity index (χ4n) is 4.60. The molecular weight excluding hydrogens is 502 g/mol. The summed E-state index contributed by atoms with van der Waals surface area (Å²) in [7, 11) is 0. The minimum atomic E-state index is -0.707. The van der Waals surface area contributed by atoms with Crippen LogP contribution in [0.1, 0.15) is 51.8 Å². The molecule has 2 aromatic carbocycles. The Labute approximate surface area is 225 Å². The Morgan fingerprint density at radius 3 is 2.42 bits per heavy atom. The van der Waals surface area contributed by atoms with Crippen molar-refractivity contribution in [1.82, 2.24) is 4.57 Å². The van der Waals surface area contributed by atoms with Gasteiger partial charge in [0.15, 0.2) is 4.80 Å². The molecule has 200 valence electrons. The van der Waals surface area contributed by atoms with Gasteiger partial charge in [0.2, 0.25) is 0 Å². The third-order valence-electron chi connectivity index (χ3n) is 6.45. The summed E-state index contributed by atoms with van der Waals surface area (Å²) in [5.74, 6) is 0.281. The lowest BCUT2D eigenvalue weighted by atomic mass is 9.96. The lowest BCUT2D eigenvalue weighted by Gasteiger charge is -2.24. The maximum absolute atomic E-state index is 13.8. The lowest BCUT2D eigenvalue weighted by Crippen LogP contribution is -2.39. The summed E-state index contributed by atoms with van der Waals surface area (Å²) in [6.45, 7) is 11.9. The monoisotopic (exact) mass is 535 g/mol. The number of esters is 1. The van der Waals surface area contributed by atoms with E-state index < -0.39 is 12.0 Å².